The molecule has 1 saturated carbocycles. The minimum absolute atomic E-state index is 0.482. The van der Waals surface area contributed by atoms with E-state index in [1.165, 1.54) is 17.5 Å². The van der Waals surface area contributed by atoms with Crippen LogP contribution in [0.4, 0.5) is 0 Å². The fraction of sp³-hybridized carbons (Fsp3) is 0.667. The Kier molecular flexibility index (Phi) is 8.92. The van der Waals surface area contributed by atoms with Gasteiger partial charge in [-0.05, 0) is 36.8 Å². The number of ether oxygens (including phenoxy) is 2. The zero-order valence-electron chi connectivity index (χ0n) is 16.8. The lowest BCUT2D eigenvalue weighted by atomic mass is 10.0. The van der Waals surface area contributed by atoms with E-state index in [0.717, 1.165) is 32.1 Å². The van der Waals surface area contributed by atoms with Gasteiger partial charge in [-0.15, -0.1) is 0 Å². The first kappa shape index (κ1) is 20.7. The summed E-state index contributed by atoms with van der Waals surface area (Å²) in [6.45, 7) is 10.2. The number of guanidine groups is 1. The number of hydrogen-bond acceptors (Lipinski definition) is 3. The molecule has 0 spiro atoms. The summed E-state index contributed by atoms with van der Waals surface area (Å²) in [6.07, 6.45) is 2.09. The average molecular weight is 362 g/mol. The van der Waals surface area contributed by atoms with Crippen LogP contribution in [0.3, 0.4) is 0 Å². The largest absolute Gasteiger partial charge is 0.382 e. The van der Waals surface area contributed by atoms with Gasteiger partial charge < -0.3 is 20.1 Å². The third kappa shape index (κ3) is 6.96. The molecule has 2 N–H and O–H groups in total. The standard InChI is InChI=1S/C21H35N3O2/c1-5-22-21(23-11-6-12-26-14-13-25-4)24-20-15-19(20)18-9-7-17(8-10-18)16(2)3/h7-10,16,19-20H,5-6,11-15H2,1-4H3,(H2,22,23,24). The normalized spacial score (nSPS) is 19.7. The van der Waals surface area contributed by atoms with E-state index in [1.54, 1.807) is 7.11 Å². The SMILES string of the molecule is CCNC(=NCCCOCCOC)NC1CC1c1ccc(C(C)C)cc1. The first-order chi connectivity index (χ1) is 12.7. The summed E-state index contributed by atoms with van der Waals surface area (Å²) >= 11 is 0. The van der Waals surface area contributed by atoms with Gasteiger partial charge in [-0.3, -0.25) is 4.99 Å². The topological polar surface area (TPSA) is 54.9 Å². The van der Waals surface area contributed by atoms with Crippen LogP contribution in [0.5, 0.6) is 0 Å². The van der Waals surface area contributed by atoms with Crippen LogP contribution in [0, 0.1) is 0 Å². The van der Waals surface area contributed by atoms with E-state index in [4.69, 9.17) is 9.47 Å². The zero-order valence-corrected chi connectivity index (χ0v) is 16.8. The smallest absolute Gasteiger partial charge is 0.191 e. The quantitative estimate of drug-likeness (QED) is 0.361. The number of aliphatic imine (C=N–C) groups is 1. The Morgan fingerprint density at radius 1 is 1.19 bits per heavy atom. The summed E-state index contributed by atoms with van der Waals surface area (Å²) in [7, 11) is 1.69. The Hall–Kier alpha value is -1.59. The molecule has 0 amide bonds. The zero-order chi connectivity index (χ0) is 18.8. The van der Waals surface area contributed by atoms with Gasteiger partial charge in [0.2, 0.25) is 0 Å². The lowest BCUT2D eigenvalue weighted by Crippen LogP contribution is -2.39. The molecule has 26 heavy (non-hydrogen) atoms. The van der Waals surface area contributed by atoms with Gasteiger partial charge in [0.1, 0.15) is 0 Å². The second-order valence-corrected chi connectivity index (χ2v) is 7.13. The fourth-order valence-corrected chi connectivity index (χ4v) is 2.95. The van der Waals surface area contributed by atoms with Crippen LogP contribution in [0.1, 0.15) is 56.6 Å². The van der Waals surface area contributed by atoms with Gasteiger partial charge in [0.15, 0.2) is 5.96 Å². The van der Waals surface area contributed by atoms with Crippen molar-refractivity contribution in [3.63, 3.8) is 0 Å². The van der Waals surface area contributed by atoms with Crippen LogP contribution in [-0.4, -0.2) is 52.0 Å². The number of methoxy groups -OCH3 is 1. The van der Waals surface area contributed by atoms with Gasteiger partial charge >= 0.3 is 0 Å². The molecule has 0 aromatic heterocycles. The minimum Gasteiger partial charge on any atom is -0.382 e. The first-order valence-electron chi connectivity index (χ1n) is 9.87. The van der Waals surface area contributed by atoms with E-state index < -0.39 is 0 Å². The van der Waals surface area contributed by atoms with Gasteiger partial charge in [-0.2, -0.15) is 0 Å². The highest BCUT2D eigenvalue weighted by molar-refractivity contribution is 5.80. The van der Waals surface area contributed by atoms with Crippen molar-refractivity contribution in [3.8, 4) is 0 Å². The summed E-state index contributed by atoms with van der Waals surface area (Å²) < 4.78 is 10.4. The monoisotopic (exact) mass is 361 g/mol. The number of nitrogens with one attached hydrogen (secondary N) is 2. The summed E-state index contributed by atoms with van der Waals surface area (Å²) in [5, 5.41) is 6.91. The maximum absolute atomic E-state index is 5.48. The van der Waals surface area contributed by atoms with E-state index >= 15 is 0 Å². The summed E-state index contributed by atoms with van der Waals surface area (Å²) in [4.78, 5) is 4.66. The molecule has 2 atom stereocenters. The maximum Gasteiger partial charge on any atom is 0.191 e. The predicted molar refractivity (Wildman–Crippen MR) is 108 cm³/mol. The van der Waals surface area contributed by atoms with Crippen molar-refractivity contribution in [2.24, 2.45) is 4.99 Å². The van der Waals surface area contributed by atoms with Crippen LogP contribution in [0.2, 0.25) is 0 Å². The maximum atomic E-state index is 5.48. The molecule has 0 aliphatic heterocycles. The first-order valence-corrected chi connectivity index (χ1v) is 9.87. The Morgan fingerprint density at radius 3 is 2.62 bits per heavy atom. The number of hydrogen-bond donors (Lipinski definition) is 2. The predicted octanol–water partition coefficient (Wildman–Crippen LogP) is 3.27. The summed E-state index contributed by atoms with van der Waals surface area (Å²) in [5.41, 5.74) is 2.83. The van der Waals surface area contributed by atoms with Crippen molar-refractivity contribution in [1.29, 1.82) is 0 Å². The van der Waals surface area contributed by atoms with E-state index in [9.17, 15) is 0 Å². The molecular formula is C21H35N3O2. The molecule has 0 heterocycles. The molecule has 1 aliphatic carbocycles. The molecule has 0 saturated heterocycles. The number of nitrogens with zero attached hydrogens (tertiary/aromatic N) is 1. The molecule has 1 aromatic rings. The molecule has 2 unspecified atom stereocenters. The molecule has 146 valence electrons. The highest BCUT2D eigenvalue weighted by atomic mass is 16.5. The van der Waals surface area contributed by atoms with Crippen molar-refractivity contribution in [3.05, 3.63) is 35.4 Å². The third-order valence-corrected chi connectivity index (χ3v) is 4.64. The molecule has 0 radical (unpaired) electrons. The van der Waals surface area contributed by atoms with E-state index in [2.05, 4.69) is 60.7 Å². The molecule has 0 bridgehead atoms. The average Bonchev–Trinajstić information content (AvgIpc) is 3.40. The number of rotatable bonds is 11. The van der Waals surface area contributed by atoms with Crippen LogP contribution in [-0.2, 0) is 9.47 Å². The van der Waals surface area contributed by atoms with Crippen LogP contribution >= 0.6 is 0 Å². The van der Waals surface area contributed by atoms with E-state index in [-0.39, 0.29) is 0 Å². The molecule has 1 aliphatic rings. The molecular weight excluding hydrogens is 326 g/mol. The van der Waals surface area contributed by atoms with E-state index in [1.807, 2.05) is 0 Å². The van der Waals surface area contributed by atoms with Crippen molar-refractivity contribution < 1.29 is 9.47 Å². The highest BCUT2D eigenvalue weighted by Crippen LogP contribution is 2.41. The fourth-order valence-electron chi connectivity index (χ4n) is 2.95. The van der Waals surface area contributed by atoms with E-state index in [0.29, 0.717) is 31.1 Å². The van der Waals surface area contributed by atoms with Gasteiger partial charge in [-0.1, -0.05) is 38.1 Å². The third-order valence-electron chi connectivity index (χ3n) is 4.64. The Labute approximate surface area is 158 Å². The Balaban J connectivity index is 1.75. The van der Waals surface area contributed by atoms with Crippen LogP contribution in [0.15, 0.2) is 29.3 Å². The number of benzene rings is 1. The van der Waals surface area contributed by atoms with Crippen molar-refractivity contribution >= 4 is 5.96 Å². The van der Waals surface area contributed by atoms with Crippen molar-refractivity contribution in [2.45, 2.75) is 51.5 Å². The Morgan fingerprint density at radius 2 is 1.96 bits per heavy atom. The molecule has 2 rings (SSSR count). The molecule has 5 nitrogen and oxygen atoms in total. The second kappa shape index (κ2) is 11.2. The lowest BCUT2D eigenvalue weighted by Gasteiger charge is -2.12. The molecule has 1 fully saturated rings. The van der Waals surface area contributed by atoms with Gasteiger partial charge in [0.25, 0.3) is 0 Å². The summed E-state index contributed by atoms with van der Waals surface area (Å²) in [6, 6.07) is 9.57. The highest BCUT2D eigenvalue weighted by Gasteiger charge is 2.38. The molecule has 5 heteroatoms. The second-order valence-electron chi connectivity index (χ2n) is 7.13. The lowest BCUT2D eigenvalue weighted by molar-refractivity contribution is 0.0702. The van der Waals surface area contributed by atoms with Gasteiger partial charge in [-0.25, -0.2) is 0 Å². The minimum atomic E-state index is 0.482. The van der Waals surface area contributed by atoms with Gasteiger partial charge in [0, 0.05) is 38.8 Å². The van der Waals surface area contributed by atoms with Crippen molar-refractivity contribution in [2.75, 3.05) is 40.0 Å². The Bertz CT molecular complexity index is 543. The van der Waals surface area contributed by atoms with Crippen molar-refractivity contribution in [1.82, 2.24) is 10.6 Å². The molecule has 1 aromatic carbocycles. The van der Waals surface area contributed by atoms with Crippen LogP contribution < -0.4 is 10.6 Å². The van der Waals surface area contributed by atoms with Gasteiger partial charge in [0.05, 0.1) is 13.2 Å². The summed E-state index contributed by atoms with van der Waals surface area (Å²) in [5.74, 6) is 2.09. The van der Waals surface area contributed by atoms with Crippen LogP contribution in [0.25, 0.3) is 0 Å².